The Morgan fingerprint density at radius 3 is 2.70 bits per heavy atom. The molecule has 154 valence electrons. The summed E-state index contributed by atoms with van der Waals surface area (Å²) in [4.78, 5) is 15.6. The van der Waals surface area contributed by atoms with Crippen molar-refractivity contribution in [2.75, 3.05) is 0 Å². The number of hydrogen-bond donors (Lipinski definition) is 1. The number of benzene rings is 2. The van der Waals surface area contributed by atoms with Crippen LogP contribution in [0.1, 0.15) is 31.7 Å². The summed E-state index contributed by atoms with van der Waals surface area (Å²) in [6.07, 6.45) is 1.40. The topological polar surface area (TPSA) is 64.4 Å². The number of imidazole rings is 1. The van der Waals surface area contributed by atoms with Crippen molar-refractivity contribution < 1.29 is 14.6 Å². The highest BCUT2D eigenvalue weighted by atomic mass is 32.1. The zero-order valence-electron chi connectivity index (χ0n) is 17.0. The Hall–Kier alpha value is -3.12. The van der Waals surface area contributed by atoms with Gasteiger partial charge in [-0.25, -0.2) is 4.98 Å². The van der Waals surface area contributed by atoms with Gasteiger partial charge in [0.1, 0.15) is 11.6 Å². The van der Waals surface area contributed by atoms with Crippen LogP contribution >= 0.6 is 11.3 Å². The monoisotopic (exact) mass is 420 g/mol. The lowest BCUT2D eigenvalue weighted by Gasteiger charge is -2.15. The van der Waals surface area contributed by atoms with E-state index in [1.54, 1.807) is 11.3 Å². The fraction of sp³-hybridized carbons (Fsp3) is 0.250. The summed E-state index contributed by atoms with van der Waals surface area (Å²) < 4.78 is 8.25. The number of hydrogen-bond acceptors (Lipinski definition) is 4. The Morgan fingerprint density at radius 2 is 2.00 bits per heavy atom. The molecule has 0 aliphatic rings. The minimum Gasteiger partial charge on any atom is -0.491 e. The van der Waals surface area contributed by atoms with Crippen molar-refractivity contribution in [3.63, 3.8) is 0 Å². The Labute approximate surface area is 179 Å². The first-order valence-corrected chi connectivity index (χ1v) is 11.0. The van der Waals surface area contributed by atoms with Crippen LogP contribution in [-0.2, 0) is 4.79 Å². The molecule has 2 aromatic heterocycles. The van der Waals surface area contributed by atoms with E-state index in [2.05, 4.69) is 52.6 Å². The van der Waals surface area contributed by atoms with Gasteiger partial charge in [0.05, 0.1) is 17.1 Å². The fourth-order valence-electron chi connectivity index (χ4n) is 3.50. The summed E-state index contributed by atoms with van der Waals surface area (Å²) >= 11 is 1.65. The third kappa shape index (κ3) is 4.39. The lowest BCUT2D eigenvalue weighted by molar-refractivity contribution is -0.137. The third-order valence-corrected chi connectivity index (χ3v) is 5.72. The van der Waals surface area contributed by atoms with Crippen LogP contribution in [0.4, 0.5) is 0 Å². The number of carboxylic acid groups (broad SMARTS) is 1. The quantitative estimate of drug-likeness (QED) is 0.375. The smallest absolute Gasteiger partial charge is 0.303 e. The lowest BCUT2D eigenvalue weighted by atomic mass is 10.1. The molecular weight excluding hydrogens is 396 g/mol. The third-order valence-electron chi connectivity index (χ3n) is 5.04. The van der Waals surface area contributed by atoms with E-state index < -0.39 is 5.97 Å². The molecule has 0 amide bonds. The number of thiophene rings is 1. The predicted molar refractivity (Wildman–Crippen MR) is 121 cm³/mol. The van der Waals surface area contributed by atoms with E-state index in [4.69, 9.17) is 14.8 Å². The summed E-state index contributed by atoms with van der Waals surface area (Å²) in [5.41, 5.74) is 5.23. The zero-order chi connectivity index (χ0) is 21.1. The van der Waals surface area contributed by atoms with Crippen LogP contribution in [0.25, 0.3) is 28.1 Å². The van der Waals surface area contributed by atoms with Gasteiger partial charge in [0.25, 0.3) is 0 Å². The van der Waals surface area contributed by atoms with Gasteiger partial charge in [-0.15, -0.1) is 0 Å². The highest BCUT2D eigenvalue weighted by molar-refractivity contribution is 7.08. The van der Waals surface area contributed by atoms with Gasteiger partial charge < -0.3 is 9.84 Å². The second-order valence-corrected chi connectivity index (χ2v) is 8.26. The highest BCUT2D eigenvalue weighted by Crippen LogP contribution is 2.32. The number of ether oxygens (including phenoxy) is 1. The Bertz CT molecular complexity index is 1150. The van der Waals surface area contributed by atoms with Gasteiger partial charge in [0, 0.05) is 29.1 Å². The molecule has 30 heavy (non-hydrogen) atoms. The molecule has 0 radical (unpaired) electrons. The van der Waals surface area contributed by atoms with Gasteiger partial charge in [-0.05, 0) is 62.4 Å². The van der Waals surface area contributed by atoms with Gasteiger partial charge in [-0.2, -0.15) is 11.3 Å². The maximum atomic E-state index is 10.7. The number of aliphatic carboxylic acids is 1. The molecular formula is C24H24N2O3S. The van der Waals surface area contributed by atoms with Crippen molar-refractivity contribution in [1.29, 1.82) is 0 Å². The Morgan fingerprint density at radius 1 is 1.20 bits per heavy atom. The molecule has 0 aliphatic carbocycles. The molecule has 1 N–H and O–H groups in total. The van der Waals surface area contributed by atoms with Gasteiger partial charge >= 0.3 is 5.97 Å². The van der Waals surface area contributed by atoms with Crippen LogP contribution in [0.15, 0.2) is 59.3 Å². The van der Waals surface area contributed by atoms with Crippen molar-refractivity contribution in [3.05, 3.63) is 64.9 Å². The van der Waals surface area contributed by atoms with Crippen LogP contribution < -0.4 is 4.74 Å². The van der Waals surface area contributed by atoms with Gasteiger partial charge in [0.2, 0.25) is 0 Å². The van der Waals surface area contributed by atoms with E-state index in [-0.39, 0.29) is 12.5 Å². The molecule has 0 saturated carbocycles. The zero-order valence-corrected chi connectivity index (χ0v) is 17.9. The van der Waals surface area contributed by atoms with Gasteiger partial charge in [-0.3, -0.25) is 9.36 Å². The minimum atomic E-state index is -0.772. The molecule has 2 heterocycles. The van der Waals surface area contributed by atoms with E-state index in [1.165, 1.54) is 5.56 Å². The van der Waals surface area contributed by atoms with Crippen molar-refractivity contribution >= 4 is 28.3 Å². The normalized spacial score (nSPS) is 12.2. The van der Waals surface area contributed by atoms with E-state index >= 15 is 0 Å². The molecule has 0 bridgehead atoms. The minimum absolute atomic E-state index is 0.0612. The number of aryl methyl sites for hydroxylation is 1. The van der Waals surface area contributed by atoms with E-state index in [0.29, 0.717) is 12.8 Å². The molecule has 4 aromatic rings. The average Bonchev–Trinajstić information content (AvgIpc) is 3.36. The van der Waals surface area contributed by atoms with Crippen LogP contribution in [0.3, 0.4) is 0 Å². The number of nitrogens with zero attached hydrogens (tertiary/aromatic N) is 2. The molecule has 1 atom stereocenters. The number of carbonyl (C=O) groups is 1. The summed E-state index contributed by atoms with van der Waals surface area (Å²) in [5, 5.41) is 13.0. The summed E-state index contributed by atoms with van der Waals surface area (Å²) in [6.45, 7) is 4.05. The van der Waals surface area contributed by atoms with Gasteiger partial charge in [0.15, 0.2) is 0 Å². The number of fused-ring (bicyclic) bond motifs is 1. The van der Waals surface area contributed by atoms with Crippen molar-refractivity contribution in [2.24, 2.45) is 0 Å². The second kappa shape index (κ2) is 8.71. The Balaban J connectivity index is 1.71. The molecule has 0 saturated heterocycles. The van der Waals surface area contributed by atoms with Crippen LogP contribution in [0.2, 0.25) is 0 Å². The first kappa shape index (κ1) is 20.2. The van der Waals surface area contributed by atoms with E-state index in [1.807, 2.05) is 25.1 Å². The highest BCUT2D eigenvalue weighted by Gasteiger charge is 2.16. The first-order valence-electron chi connectivity index (χ1n) is 10.0. The maximum absolute atomic E-state index is 10.7. The largest absolute Gasteiger partial charge is 0.491 e. The van der Waals surface area contributed by atoms with Crippen LogP contribution in [-0.4, -0.2) is 26.7 Å². The van der Waals surface area contributed by atoms with Crippen LogP contribution in [0.5, 0.6) is 5.75 Å². The number of aromatic nitrogens is 2. The number of rotatable bonds is 8. The summed E-state index contributed by atoms with van der Waals surface area (Å²) in [7, 11) is 0. The molecule has 6 heteroatoms. The maximum Gasteiger partial charge on any atom is 0.303 e. The molecule has 5 nitrogen and oxygen atoms in total. The molecule has 0 fully saturated rings. The fourth-order valence-corrected chi connectivity index (χ4v) is 4.14. The van der Waals surface area contributed by atoms with E-state index in [9.17, 15) is 4.79 Å². The number of carboxylic acids is 1. The molecule has 0 aliphatic heterocycles. The summed E-state index contributed by atoms with van der Waals surface area (Å²) in [5.74, 6) is 0.892. The van der Waals surface area contributed by atoms with E-state index in [0.717, 1.165) is 33.9 Å². The average molecular weight is 421 g/mol. The molecule has 2 aromatic carbocycles. The molecule has 4 rings (SSSR count). The SMILES string of the molecule is Cc1ccc(-n2c(-c3ccsc3)nc3ccc(OC(C)CCCC(=O)O)cc32)cc1. The lowest BCUT2D eigenvalue weighted by Crippen LogP contribution is -2.12. The van der Waals surface area contributed by atoms with Crippen molar-refractivity contribution in [1.82, 2.24) is 9.55 Å². The predicted octanol–water partition coefficient (Wildman–Crippen LogP) is 6.08. The first-order chi connectivity index (χ1) is 14.5. The standard InChI is InChI=1S/C24H24N2O3S/c1-16-6-8-19(9-7-16)26-22-14-20(29-17(2)4-3-5-23(27)28)10-11-21(22)25-24(26)18-12-13-30-15-18/h6-15,17H,3-5H2,1-2H3,(H,27,28). The Kier molecular flexibility index (Phi) is 5.86. The summed E-state index contributed by atoms with van der Waals surface area (Å²) in [6, 6.07) is 16.4. The van der Waals surface area contributed by atoms with Gasteiger partial charge in [-0.1, -0.05) is 17.7 Å². The van der Waals surface area contributed by atoms with Crippen molar-refractivity contribution in [3.8, 4) is 22.8 Å². The second-order valence-electron chi connectivity index (χ2n) is 7.48. The molecule has 1 unspecified atom stereocenters. The molecule has 0 spiro atoms. The van der Waals surface area contributed by atoms with Crippen LogP contribution in [0, 0.1) is 6.92 Å². The van der Waals surface area contributed by atoms with Crippen molar-refractivity contribution in [2.45, 2.75) is 39.2 Å².